The number of hydrogen-bond donors (Lipinski definition) is 1. The molecular formula is C14H22N4O. The second-order valence-corrected chi connectivity index (χ2v) is 5.81. The summed E-state index contributed by atoms with van der Waals surface area (Å²) in [6, 6.07) is 0. The molecule has 0 aromatic carbocycles. The maximum Gasteiger partial charge on any atom is 0.274 e. The number of rotatable bonds is 3. The lowest BCUT2D eigenvalue weighted by molar-refractivity contribution is 0.0577. The lowest BCUT2D eigenvalue weighted by Crippen LogP contribution is -2.43. The van der Waals surface area contributed by atoms with Gasteiger partial charge >= 0.3 is 0 Å². The predicted octanol–water partition coefficient (Wildman–Crippen LogP) is 2.17. The second-order valence-electron chi connectivity index (χ2n) is 5.81. The molecule has 0 atom stereocenters. The van der Waals surface area contributed by atoms with Crippen LogP contribution in [0, 0.1) is 5.41 Å². The third-order valence-electron chi connectivity index (χ3n) is 3.40. The quantitative estimate of drug-likeness (QED) is 0.907. The summed E-state index contributed by atoms with van der Waals surface area (Å²) < 4.78 is 0. The third kappa shape index (κ3) is 3.43. The minimum atomic E-state index is -0.0139. The molecule has 1 N–H and O–H groups in total. The average Bonchev–Trinajstić information content (AvgIpc) is 2.37. The van der Waals surface area contributed by atoms with Crippen LogP contribution in [0.2, 0.25) is 0 Å². The Hall–Kier alpha value is -1.65. The van der Waals surface area contributed by atoms with Crippen LogP contribution in [-0.2, 0) is 0 Å². The van der Waals surface area contributed by atoms with E-state index in [0.717, 1.165) is 26.1 Å². The molecule has 1 aromatic rings. The van der Waals surface area contributed by atoms with Crippen molar-refractivity contribution in [1.82, 2.24) is 14.9 Å². The van der Waals surface area contributed by atoms with Gasteiger partial charge in [-0.3, -0.25) is 9.78 Å². The number of carbonyl (C=O) groups excluding carboxylic acids is 1. The van der Waals surface area contributed by atoms with E-state index in [9.17, 15) is 4.79 Å². The van der Waals surface area contributed by atoms with Gasteiger partial charge in [-0.25, -0.2) is 4.98 Å². The Morgan fingerprint density at radius 2 is 2.26 bits per heavy atom. The topological polar surface area (TPSA) is 58.1 Å². The van der Waals surface area contributed by atoms with Gasteiger partial charge in [0.1, 0.15) is 11.5 Å². The number of nitrogens with zero attached hydrogens (tertiary/aromatic N) is 3. The van der Waals surface area contributed by atoms with E-state index in [1.165, 1.54) is 6.42 Å². The van der Waals surface area contributed by atoms with Gasteiger partial charge in [0.05, 0.1) is 12.4 Å². The van der Waals surface area contributed by atoms with Gasteiger partial charge in [-0.05, 0) is 25.2 Å². The maximum atomic E-state index is 12.4. The minimum Gasteiger partial charge on any atom is -0.369 e. The zero-order chi connectivity index (χ0) is 13.9. The fourth-order valence-corrected chi connectivity index (χ4v) is 2.49. The standard InChI is InChI=1S/C14H22N4O/c1-4-16-12-9-15-8-11(17-12)13(19)18-7-5-6-14(2,3)10-18/h8-9H,4-7,10H2,1-3H3,(H,16,17). The van der Waals surface area contributed by atoms with E-state index in [0.29, 0.717) is 11.5 Å². The third-order valence-corrected chi connectivity index (χ3v) is 3.40. The van der Waals surface area contributed by atoms with Crippen molar-refractivity contribution in [2.24, 2.45) is 5.41 Å². The molecule has 0 bridgehead atoms. The normalized spacial score (nSPS) is 18.2. The van der Waals surface area contributed by atoms with Crippen molar-refractivity contribution >= 4 is 11.7 Å². The summed E-state index contributed by atoms with van der Waals surface area (Å²) in [6.45, 7) is 8.76. The fraction of sp³-hybridized carbons (Fsp3) is 0.643. The molecule has 0 saturated carbocycles. The first-order valence-corrected chi connectivity index (χ1v) is 6.87. The van der Waals surface area contributed by atoms with E-state index >= 15 is 0 Å². The Kier molecular flexibility index (Phi) is 4.02. The van der Waals surface area contributed by atoms with Crippen molar-refractivity contribution in [2.75, 3.05) is 25.0 Å². The van der Waals surface area contributed by atoms with Crippen molar-refractivity contribution < 1.29 is 4.79 Å². The summed E-state index contributed by atoms with van der Waals surface area (Å²) in [5.41, 5.74) is 0.622. The van der Waals surface area contributed by atoms with Gasteiger partial charge in [0.15, 0.2) is 0 Å². The van der Waals surface area contributed by atoms with E-state index in [1.807, 2.05) is 11.8 Å². The fourth-order valence-electron chi connectivity index (χ4n) is 2.49. The number of likely N-dealkylation sites (tertiary alicyclic amines) is 1. The molecule has 1 fully saturated rings. The van der Waals surface area contributed by atoms with Gasteiger partial charge in [0, 0.05) is 19.6 Å². The van der Waals surface area contributed by atoms with Crippen LogP contribution in [0.15, 0.2) is 12.4 Å². The van der Waals surface area contributed by atoms with Crippen molar-refractivity contribution in [3.63, 3.8) is 0 Å². The lowest BCUT2D eigenvalue weighted by Gasteiger charge is -2.37. The summed E-state index contributed by atoms with van der Waals surface area (Å²) >= 11 is 0. The Balaban J connectivity index is 2.12. The Labute approximate surface area is 114 Å². The molecule has 5 nitrogen and oxygen atoms in total. The van der Waals surface area contributed by atoms with Crippen LogP contribution in [0.4, 0.5) is 5.82 Å². The molecule has 104 valence electrons. The molecule has 0 radical (unpaired) electrons. The van der Waals surface area contributed by atoms with Gasteiger partial charge in [0.2, 0.25) is 0 Å². The molecule has 1 aromatic heterocycles. The Bertz CT molecular complexity index is 459. The van der Waals surface area contributed by atoms with Crippen LogP contribution < -0.4 is 5.32 Å². The number of amides is 1. The number of hydrogen-bond acceptors (Lipinski definition) is 4. The zero-order valence-electron chi connectivity index (χ0n) is 11.9. The summed E-state index contributed by atoms with van der Waals surface area (Å²) in [5.74, 6) is 0.643. The predicted molar refractivity (Wildman–Crippen MR) is 75.1 cm³/mol. The van der Waals surface area contributed by atoms with Gasteiger partial charge in [-0.15, -0.1) is 0 Å². The highest BCUT2D eigenvalue weighted by Gasteiger charge is 2.30. The van der Waals surface area contributed by atoms with Gasteiger partial charge in [-0.2, -0.15) is 0 Å². The van der Waals surface area contributed by atoms with Crippen molar-refractivity contribution in [3.05, 3.63) is 18.1 Å². The first-order valence-electron chi connectivity index (χ1n) is 6.87. The molecule has 1 aliphatic heterocycles. The SMILES string of the molecule is CCNc1cncc(C(=O)N2CCCC(C)(C)C2)n1. The van der Waals surface area contributed by atoms with Crippen LogP contribution in [0.5, 0.6) is 0 Å². The van der Waals surface area contributed by atoms with Crippen LogP contribution in [0.25, 0.3) is 0 Å². The van der Waals surface area contributed by atoms with Crippen molar-refractivity contribution in [3.8, 4) is 0 Å². The first-order chi connectivity index (χ1) is 9.02. The van der Waals surface area contributed by atoms with Crippen LogP contribution in [-0.4, -0.2) is 40.4 Å². The molecule has 5 heteroatoms. The molecule has 19 heavy (non-hydrogen) atoms. The Morgan fingerprint density at radius 1 is 1.47 bits per heavy atom. The molecule has 2 rings (SSSR count). The van der Waals surface area contributed by atoms with Crippen LogP contribution >= 0.6 is 0 Å². The molecule has 1 aliphatic rings. The molecule has 0 aliphatic carbocycles. The van der Waals surface area contributed by atoms with E-state index in [-0.39, 0.29) is 11.3 Å². The lowest BCUT2D eigenvalue weighted by atomic mass is 9.84. The monoisotopic (exact) mass is 262 g/mol. The molecule has 1 saturated heterocycles. The van der Waals surface area contributed by atoms with Crippen molar-refractivity contribution in [1.29, 1.82) is 0 Å². The Morgan fingerprint density at radius 3 is 2.95 bits per heavy atom. The number of anilines is 1. The highest BCUT2D eigenvalue weighted by Crippen LogP contribution is 2.29. The first kappa shape index (κ1) is 13.8. The summed E-state index contributed by atoms with van der Waals surface area (Å²) in [4.78, 5) is 22.7. The van der Waals surface area contributed by atoms with E-state index < -0.39 is 0 Å². The van der Waals surface area contributed by atoms with Crippen LogP contribution in [0.3, 0.4) is 0 Å². The summed E-state index contributed by atoms with van der Waals surface area (Å²) in [5, 5.41) is 3.08. The summed E-state index contributed by atoms with van der Waals surface area (Å²) in [7, 11) is 0. The maximum absolute atomic E-state index is 12.4. The molecule has 1 amide bonds. The molecule has 0 spiro atoms. The van der Waals surface area contributed by atoms with E-state index in [1.54, 1.807) is 12.4 Å². The van der Waals surface area contributed by atoms with E-state index in [4.69, 9.17) is 0 Å². The number of piperidine rings is 1. The van der Waals surface area contributed by atoms with Gasteiger partial charge in [0.25, 0.3) is 5.91 Å². The van der Waals surface area contributed by atoms with Crippen LogP contribution in [0.1, 0.15) is 44.1 Å². The zero-order valence-corrected chi connectivity index (χ0v) is 11.9. The van der Waals surface area contributed by atoms with Gasteiger partial charge in [-0.1, -0.05) is 13.8 Å². The molecule has 2 heterocycles. The van der Waals surface area contributed by atoms with E-state index in [2.05, 4.69) is 29.1 Å². The van der Waals surface area contributed by atoms with Gasteiger partial charge < -0.3 is 10.2 Å². The largest absolute Gasteiger partial charge is 0.369 e. The second kappa shape index (κ2) is 5.55. The highest BCUT2D eigenvalue weighted by atomic mass is 16.2. The highest BCUT2D eigenvalue weighted by molar-refractivity contribution is 5.92. The molecular weight excluding hydrogens is 240 g/mol. The smallest absolute Gasteiger partial charge is 0.274 e. The molecule has 0 unspecified atom stereocenters. The average molecular weight is 262 g/mol. The minimum absolute atomic E-state index is 0.0139. The van der Waals surface area contributed by atoms with Crippen molar-refractivity contribution in [2.45, 2.75) is 33.6 Å². The number of aromatic nitrogens is 2. The number of nitrogens with one attached hydrogen (secondary N) is 1. The summed E-state index contributed by atoms with van der Waals surface area (Å²) in [6.07, 6.45) is 5.41. The number of carbonyl (C=O) groups is 1.